The van der Waals surface area contributed by atoms with E-state index in [9.17, 15) is 14.0 Å². The molecule has 0 aliphatic rings. The van der Waals surface area contributed by atoms with Crippen LogP contribution in [0.25, 0.3) is 0 Å². The van der Waals surface area contributed by atoms with E-state index >= 15 is 0 Å². The van der Waals surface area contributed by atoms with Gasteiger partial charge >= 0.3 is 5.97 Å². The number of aryl methyl sites for hydroxylation is 1. The molecule has 1 N–H and O–H groups in total. The van der Waals surface area contributed by atoms with E-state index in [2.05, 4.69) is 5.32 Å². The average molecular weight is 253 g/mol. The van der Waals surface area contributed by atoms with E-state index in [-0.39, 0.29) is 24.6 Å². The Morgan fingerprint density at radius 1 is 1.33 bits per heavy atom. The van der Waals surface area contributed by atoms with Crippen LogP contribution in [0, 0.1) is 12.7 Å². The quantitative estimate of drug-likeness (QED) is 0.820. The predicted octanol–water partition coefficient (Wildman–Crippen LogP) is 2.42. The van der Waals surface area contributed by atoms with Crippen LogP contribution in [0.4, 0.5) is 10.1 Å². The molecule has 0 saturated carbocycles. The predicted molar refractivity (Wildman–Crippen MR) is 65.6 cm³/mol. The molecule has 0 bridgehead atoms. The molecule has 0 unspecified atom stereocenters. The van der Waals surface area contributed by atoms with Crippen LogP contribution in [0.5, 0.6) is 0 Å². The molecule has 0 saturated heterocycles. The van der Waals surface area contributed by atoms with Crippen LogP contribution in [0.15, 0.2) is 18.2 Å². The van der Waals surface area contributed by atoms with Crippen molar-refractivity contribution < 1.29 is 18.7 Å². The minimum Gasteiger partial charge on any atom is -0.466 e. The summed E-state index contributed by atoms with van der Waals surface area (Å²) in [4.78, 5) is 22.6. The molecule has 0 fully saturated rings. The number of nitrogens with one attached hydrogen (secondary N) is 1. The molecule has 1 amide bonds. The van der Waals surface area contributed by atoms with E-state index in [1.54, 1.807) is 13.8 Å². The molecule has 5 heteroatoms. The van der Waals surface area contributed by atoms with Crippen LogP contribution in [-0.2, 0) is 14.3 Å². The molecule has 0 radical (unpaired) electrons. The maximum absolute atomic E-state index is 13.0. The Labute approximate surface area is 105 Å². The summed E-state index contributed by atoms with van der Waals surface area (Å²) in [7, 11) is 0. The summed E-state index contributed by atoms with van der Waals surface area (Å²) in [5.41, 5.74) is 0.973. The second-order valence-electron chi connectivity index (χ2n) is 3.82. The van der Waals surface area contributed by atoms with Crippen LogP contribution < -0.4 is 5.32 Å². The van der Waals surface area contributed by atoms with Gasteiger partial charge in [0, 0.05) is 12.1 Å². The third-order valence-corrected chi connectivity index (χ3v) is 2.30. The molecular formula is C13H16FNO3. The number of hydrogen-bond donors (Lipinski definition) is 1. The van der Waals surface area contributed by atoms with Gasteiger partial charge in [0.25, 0.3) is 0 Å². The number of carbonyl (C=O) groups excluding carboxylic acids is 2. The minimum atomic E-state index is -0.400. The van der Waals surface area contributed by atoms with Crippen molar-refractivity contribution in [3.63, 3.8) is 0 Å². The van der Waals surface area contributed by atoms with Gasteiger partial charge < -0.3 is 10.1 Å². The standard InChI is InChI=1S/C13H16FNO3/c1-3-18-13(17)7-6-12(16)15-10-4-5-11(14)9(2)8-10/h4-5,8H,3,6-7H2,1-2H3,(H,15,16). The van der Waals surface area contributed by atoms with E-state index in [1.165, 1.54) is 18.2 Å². The zero-order valence-electron chi connectivity index (χ0n) is 10.5. The number of amides is 1. The highest BCUT2D eigenvalue weighted by Gasteiger charge is 2.08. The van der Waals surface area contributed by atoms with Gasteiger partial charge in [0.15, 0.2) is 0 Å². The second kappa shape index (κ2) is 6.74. The molecule has 1 aromatic rings. The Hall–Kier alpha value is -1.91. The number of esters is 1. The summed E-state index contributed by atoms with van der Waals surface area (Å²) in [6.07, 6.45) is 0.0924. The van der Waals surface area contributed by atoms with Gasteiger partial charge in [-0.25, -0.2) is 4.39 Å². The van der Waals surface area contributed by atoms with E-state index in [4.69, 9.17) is 4.74 Å². The largest absolute Gasteiger partial charge is 0.466 e. The first-order chi connectivity index (χ1) is 8.52. The van der Waals surface area contributed by atoms with Gasteiger partial charge in [-0.15, -0.1) is 0 Å². The fourth-order valence-corrected chi connectivity index (χ4v) is 1.39. The van der Waals surface area contributed by atoms with Gasteiger partial charge in [-0.05, 0) is 37.6 Å². The average Bonchev–Trinajstić information content (AvgIpc) is 2.32. The van der Waals surface area contributed by atoms with Crippen molar-refractivity contribution in [2.45, 2.75) is 26.7 Å². The van der Waals surface area contributed by atoms with E-state index in [0.29, 0.717) is 17.9 Å². The van der Waals surface area contributed by atoms with Gasteiger partial charge in [0.05, 0.1) is 13.0 Å². The number of benzene rings is 1. The fourth-order valence-electron chi connectivity index (χ4n) is 1.39. The van der Waals surface area contributed by atoms with Crippen molar-refractivity contribution in [1.82, 2.24) is 0 Å². The lowest BCUT2D eigenvalue weighted by atomic mass is 10.2. The molecule has 0 spiro atoms. The Kier molecular flexibility index (Phi) is 5.30. The summed E-state index contributed by atoms with van der Waals surface area (Å²) >= 11 is 0. The second-order valence-corrected chi connectivity index (χ2v) is 3.82. The van der Waals surface area contributed by atoms with E-state index in [1.807, 2.05) is 0 Å². The molecule has 1 rings (SSSR count). The minimum absolute atomic E-state index is 0.0415. The third-order valence-electron chi connectivity index (χ3n) is 2.30. The number of anilines is 1. The zero-order chi connectivity index (χ0) is 13.5. The molecule has 0 aliphatic carbocycles. The molecule has 0 aromatic heterocycles. The summed E-state index contributed by atoms with van der Waals surface area (Å²) in [5, 5.41) is 2.59. The lowest BCUT2D eigenvalue weighted by Gasteiger charge is -2.06. The van der Waals surface area contributed by atoms with Crippen LogP contribution >= 0.6 is 0 Å². The molecule has 18 heavy (non-hydrogen) atoms. The zero-order valence-corrected chi connectivity index (χ0v) is 10.5. The van der Waals surface area contributed by atoms with Gasteiger partial charge in [-0.2, -0.15) is 0 Å². The highest BCUT2D eigenvalue weighted by Crippen LogP contribution is 2.14. The monoisotopic (exact) mass is 253 g/mol. The summed E-state index contributed by atoms with van der Waals surface area (Å²) in [5.74, 6) is -1.02. The molecule has 4 nitrogen and oxygen atoms in total. The molecular weight excluding hydrogens is 237 g/mol. The maximum Gasteiger partial charge on any atom is 0.306 e. The molecule has 98 valence electrons. The Balaban J connectivity index is 2.44. The fraction of sp³-hybridized carbons (Fsp3) is 0.385. The van der Waals surface area contributed by atoms with Crippen molar-refractivity contribution in [3.8, 4) is 0 Å². The third kappa shape index (κ3) is 4.53. The summed E-state index contributed by atoms with van der Waals surface area (Å²) in [6.45, 7) is 3.63. The number of hydrogen-bond acceptors (Lipinski definition) is 3. The molecule has 0 atom stereocenters. The van der Waals surface area contributed by atoms with Crippen LogP contribution in [-0.4, -0.2) is 18.5 Å². The Morgan fingerprint density at radius 2 is 2.06 bits per heavy atom. The van der Waals surface area contributed by atoms with Crippen molar-refractivity contribution in [1.29, 1.82) is 0 Å². The van der Waals surface area contributed by atoms with Crippen LogP contribution in [0.2, 0.25) is 0 Å². The highest BCUT2D eigenvalue weighted by atomic mass is 19.1. The van der Waals surface area contributed by atoms with Crippen molar-refractivity contribution in [2.24, 2.45) is 0 Å². The molecule has 1 aromatic carbocycles. The summed E-state index contributed by atoms with van der Waals surface area (Å²) < 4.78 is 17.7. The topological polar surface area (TPSA) is 55.4 Å². The lowest BCUT2D eigenvalue weighted by molar-refractivity contribution is -0.144. The normalized spacial score (nSPS) is 9.94. The number of halogens is 1. The number of rotatable bonds is 5. The van der Waals surface area contributed by atoms with Crippen molar-refractivity contribution >= 4 is 17.6 Å². The van der Waals surface area contributed by atoms with E-state index < -0.39 is 5.97 Å². The van der Waals surface area contributed by atoms with Crippen LogP contribution in [0.1, 0.15) is 25.3 Å². The van der Waals surface area contributed by atoms with Gasteiger partial charge in [0.1, 0.15) is 5.82 Å². The van der Waals surface area contributed by atoms with Gasteiger partial charge in [-0.3, -0.25) is 9.59 Å². The van der Waals surface area contributed by atoms with Crippen molar-refractivity contribution in [3.05, 3.63) is 29.6 Å². The van der Waals surface area contributed by atoms with Gasteiger partial charge in [0.2, 0.25) is 5.91 Å². The SMILES string of the molecule is CCOC(=O)CCC(=O)Nc1ccc(F)c(C)c1. The molecule has 0 heterocycles. The lowest BCUT2D eigenvalue weighted by Crippen LogP contribution is -2.14. The first-order valence-electron chi connectivity index (χ1n) is 5.74. The number of ether oxygens (including phenoxy) is 1. The van der Waals surface area contributed by atoms with Crippen LogP contribution in [0.3, 0.4) is 0 Å². The van der Waals surface area contributed by atoms with E-state index in [0.717, 1.165) is 0 Å². The number of carbonyl (C=O) groups is 2. The first-order valence-corrected chi connectivity index (χ1v) is 5.74. The Bertz CT molecular complexity index is 446. The highest BCUT2D eigenvalue weighted by molar-refractivity contribution is 5.92. The maximum atomic E-state index is 13.0. The van der Waals surface area contributed by atoms with Gasteiger partial charge in [-0.1, -0.05) is 0 Å². The summed E-state index contributed by atoms with van der Waals surface area (Å²) in [6, 6.07) is 4.30. The smallest absolute Gasteiger partial charge is 0.306 e. The van der Waals surface area contributed by atoms with Crippen molar-refractivity contribution in [2.75, 3.05) is 11.9 Å². The first kappa shape index (κ1) is 14.2. The molecule has 0 aliphatic heterocycles. The Morgan fingerprint density at radius 3 is 2.67 bits per heavy atom.